The summed E-state index contributed by atoms with van der Waals surface area (Å²) in [5, 5.41) is 13.3. The monoisotopic (exact) mass is 235 g/mol. The Bertz CT molecular complexity index is 345. The van der Waals surface area contributed by atoms with Gasteiger partial charge in [-0.2, -0.15) is 0 Å². The normalized spacial score (nSPS) is 13.0. The first kappa shape index (κ1) is 14.0. The lowest BCUT2D eigenvalue weighted by Crippen LogP contribution is -2.32. The van der Waals surface area contributed by atoms with Gasteiger partial charge in [0.15, 0.2) is 0 Å². The summed E-state index contributed by atoms with van der Waals surface area (Å²) in [6, 6.07) is 6.24. The molecule has 0 aliphatic heterocycles. The number of hydrogen-bond acceptors (Lipinski definition) is 2. The molecule has 1 unspecified atom stereocenters. The van der Waals surface area contributed by atoms with E-state index < -0.39 is 0 Å². The van der Waals surface area contributed by atoms with E-state index in [4.69, 9.17) is 0 Å². The van der Waals surface area contributed by atoms with Crippen LogP contribution in [0.25, 0.3) is 0 Å². The Morgan fingerprint density at radius 1 is 1.24 bits per heavy atom. The van der Waals surface area contributed by atoms with Crippen LogP contribution in [0.15, 0.2) is 18.2 Å². The zero-order valence-corrected chi connectivity index (χ0v) is 11.5. The Kier molecular flexibility index (Phi) is 5.49. The lowest BCUT2D eigenvalue weighted by atomic mass is 9.95. The molecular weight excluding hydrogens is 210 g/mol. The van der Waals surface area contributed by atoms with E-state index in [2.05, 4.69) is 26.1 Å². The molecule has 0 amide bonds. The molecule has 0 heterocycles. The van der Waals surface area contributed by atoms with E-state index in [1.807, 2.05) is 19.1 Å². The third kappa shape index (κ3) is 4.04. The first-order valence-corrected chi connectivity index (χ1v) is 6.60. The maximum absolute atomic E-state index is 9.76. The third-order valence-electron chi connectivity index (χ3n) is 3.61. The van der Waals surface area contributed by atoms with Gasteiger partial charge in [-0.05, 0) is 25.8 Å². The van der Waals surface area contributed by atoms with Gasteiger partial charge >= 0.3 is 0 Å². The fourth-order valence-electron chi connectivity index (χ4n) is 2.29. The molecule has 0 fully saturated rings. The first-order valence-electron chi connectivity index (χ1n) is 6.60. The summed E-state index contributed by atoms with van der Waals surface area (Å²) in [6.45, 7) is 9.48. The quantitative estimate of drug-likeness (QED) is 0.789. The molecule has 1 rings (SSSR count). The van der Waals surface area contributed by atoms with E-state index in [-0.39, 0.29) is 0 Å². The summed E-state index contributed by atoms with van der Waals surface area (Å²) in [6.07, 6.45) is 2.40. The van der Waals surface area contributed by atoms with Crippen LogP contribution in [0.2, 0.25) is 0 Å². The van der Waals surface area contributed by atoms with Crippen molar-refractivity contribution in [3.63, 3.8) is 0 Å². The van der Waals surface area contributed by atoms with Gasteiger partial charge in [0.05, 0.1) is 0 Å². The smallest absolute Gasteiger partial charge is 0.120 e. The number of phenols is 1. The molecule has 0 saturated heterocycles. The Labute approximate surface area is 105 Å². The lowest BCUT2D eigenvalue weighted by Gasteiger charge is -2.22. The molecule has 1 atom stereocenters. The van der Waals surface area contributed by atoms with Crippen LogP contribution in [0.1, 0.15) is 44.7 Å². The van der Waals surface area contributed by atoms with E-state index in [1.54, 1.807) is 6.07 Å². The van der Waals surface area contributed by atoms with Crippen LogP contribution < -0.4 is 5.32 Å². The van der Waals surface area contributed by atoms with Gasteiger partial charge in [0, 0.05) is 18.2 Å². The minimum absolute atomic E-state index is 0.389. The van der Waals surface area contributed by atoms with Gasteiger partial charge in [-0.3, -0.25) is 0 Å². The SMILES string of the molecule is CCC(CC)C(C)NCc1cc(C)ccc1O. The summed E-state index contributed by atoms with van der Waals surface area (Å²) in [5.41, 5.74) is 2.18. The largest absolute Gasteiger partial charge is 0.508 e. The van der Waals surface area contributed by atoms with Crippen molar-refractivity contribution >= 4 is 0 Å². The molecule has 0 aliphatic carbocycles. The topological polar surface area (TPSA) is 32.3 Å². The molecule has 0 spiro atoms. The predicted octanol–water partition coefficient (Wildman–Crippen LogP) is 3.61. The van der Waals surface area contributed by atoms with E-state index in [1.165, 1.54) is 18.4 Å². The molecule has 1 aromatic rings. The van der Waals surface area contributed by atoms with Crippen molar-refractivity contribution in [1.29, 1.82) is 0 Å². The minimum atomic E-state index is 0.389. The van der Waals surface area contributed by atoms with E-state index in [0.29, 0.717) is 17.7 Å². The number of benzene rings is 1. The molecular formula is C15H25NO. The fourth-order valence-corrected chi connectivity index (χ4v) is 2.29. The van der Waals surface area contributed by atoms with Crippen LogP contribution in [0.5, 0.6) is 5.75 Å². The second kappa shape index (κ2) is 6.65. The summed E-state index contributed by atoms with van der Waals surface area (Å²) in [5.74, 6) is 1.10. The molecule has 0 bridgehead atoms. The van der Waals surface area contributed by atoms with Crippen molar-refractivity contribution in [2.24, 2.45) is 5.92 Å². The van der Waals surface area contributed by atoms with Crippen LogP contribution in [0.3, 0.4) is 0 Å². The molecule has 17 heavy (non-hydrogen) atoms. The van der Waals surface area contributed by atoms with Gasteiger partial charge < -0.3 is 10.4 Å². The minimum Gasteiger partial charge on any atom is -0.508 e. The Hall–Kier alpha value is -1.02. The van der Waals surface area contributed by atoms with Crippen LogP contribution >= 0.6 is 0 Å². The third-order valence-corrected chi connectivity index (χ3v) is 3.61. The van der Waals surface area contributed by atoms with Gasteiger partial charge in [0.25, 0.3) is 0 Å². The maximum atomic E-state index is 9.76. The standard InChI is InChI=1S/C15H25NO/c1-5-13(6-2)12(4)16-10-14-9-11(3)7-8-15(14)17/h7-9,12-13,16-17H,5-6,10H2,1-4H3. The van der Waals surface area contributed by atoms with Crippen molar-refractivity contribution in [1.82, 2.24) is 5.32 Å². The van der Waals surface area contributed by atoms with Gasteiger partial charge in [0.1, 0.15) is 5.75 Å². The highest BCUT2D eigenvalue weighted by atomic mass is 16.3. The molecule has 0 saturated carbocycles. The molecule has 0 aliphatic rings. The number of phenolic OH excluding ortho intramolecular Hbond substituents is 1. The van der Waals surface area contributed by atoms with Crippen molar-refractivity contribution in [2.75, 3.05) is 0 Å². The highest BCUT2D eigenvalue weighted by molar-refractivity contribution is 5.35. The van der Waals surface area contributed by atoms with Crippen LogP contribution in [-0.2, 0) is 6.54 Å². The first-order chi connectivity index (χ1) is 8.08. The second-order valence-corrected chi connectivity index (χ2v) is 4.88. The summed E-state index contributed by atoms with van der Waals surface area (Å²) >= 11 is 0. The molecule has 1 aromatic carbocycles. The summed E-state index contributed by atoms with van der Waals surface area (Å²) < 4.78 is 0. The number of nitrogens with one attached hydrogen (secondary N) is 1. The van der Waals surface area contributed by atoms with Crippen molar-refractivity contribution in [2.45, 2.75) is 53.1 Å². The van der Waals surface area contributed by atoms with E-state index in [0.717, 1.165) is 12.1 Å². The zero-order chi connectivity index (χ0) is 12.8. The van der Waals surface area contributed by atoms with Gasteiger partial charge in [0.2, 0.25) is 0 Å². The van der Waals surface area contributed by atoms with Crippen LogP contribution in [-0.4, -0.2) is 11.1 Å². The van der Waals surface area contributed by atoms with Crippen LogP contribution in [0.4, 0.5) is 0 Å². The van der Waals surface area contributed by atoms with Crippen molar-refractivity contribution < 1.29 is 5.11 Å². The average Bonchev–Trinajstić information content (AvgIpc) is 2.32. The number of aryl methyl sites for hydroxylation is 1. The Balaban J connectivity index is 2.57. The average molecular weight is 235 g/mol. The fraction of sp³-hybridized carbons (Fsp3) is 0.600. The molecule has 2 nitrogen and oxygen atoms in total. The molecule has 2 heteroatoms. The molecule has 2 N–H and O–H groups in total. The highest BCUT2D eigenvalue weighted by Gasteiger charge is 2.13. The molecule has 96 valence electrons. The summed E-state index contributed by atoms with van der Waals surface area (Å²) in [7, 11) is 0. The summed E-state index contributed by atoms with van der Waals surface area (Å²) in [4.78, 5) is 0. The lowest BCUT2D eigenvalue weighted by molar-refractivity contribution is 0.350. The number of hydrogen-bond donors (Lipinski definition) is 2. The van der Waals surface area contributed by atoms with Gasteiger partial charge in [-0.15, -0.1) is 0 Å². The van der Waals surface area contributed by atoms with E-state index >= 15 is 0 Å². The maximum Gasteiger partial charge on any atom is 0.120 e. The second-order valence-electron chi connectivity index (χ2n) is 4.88. The van der Waals surface area contributed by atoms with E-state index in [9.17, 15) is 5.11 Å². The van der Waals surface area contributed by atoms with Crippen molar-refractivity contribution in [3.05, 3.63) is 29.3 Å². The predicted molar refractivity (Wildman–Crippen MR) is 73.2 cm³/mol. The van der Waals surface area contributed by atoms with Gasteiger partial charge in [-0.25, -0.2) is 0 Å². The highest BCUT2D eigenvalue weighted by Crippen LogP contribution is 2.19. The Morgan fingerprint density at radius 2 is 1.88 bits per heavy atom. The number of rotatable bonds is 6. The van der Waals surface area contributed by atoms with Gasteiger partial charge in [-0.1, -0.05) is 44.4 Å². The van der Waals surface area contributed by atoms with Crippen molar-refractivity contribution in [3.8, 4) is 5.75 Å². The molecule has 0 radical (unpaired) electrons. The molecule has 0 aromatic heterocycles. The van der Waals surface area contributed by atoms with Crippen LogP contribution in [0, 0.1) is 12.8 Å². The number of aromatic hydroxyl groups is 1. The zero-order valence-electron chi connectivity index (χ0n) is 11.5. The Morgan fingerprint density at radius 3 is 2.47 bits per heavy atom.